The number of halogens is 2. The van der Waals surface area contributed by atoms with Gasteiger partial charge in [0, 0.05) is 17.5 Å². The van der Waals surface area contributed by atoms with Gasteiger partial charge in [0.1, 0.15) is 23.3 Å². The first-order chi connectivity index (χ1) is 12.4. The van der Waals surface area contributed by atoms with Crippen LogP contribution in [0.1, 0.15) is 43.4 Å². The predicted octanol–water partition coefficient (Wildman–Crippen LogP) is 5.07. The molecule has 1 aliphatic carbocycles. The van der Waals surface area contributed by atoms with E-state index in [0.717, 1.165) is 28.3 Å². The second-order valence-electron chi connectivity index (χ2n) is 6.47. The van der Waals surface area contributed by atoms with E-state index in [0.29, 0.717) is 6.04 Å². The van der Waals surface area contributed by atoms with Crippen molar-refractivity contribution in [1.29, 1.82) is 0 Å². The van der Waals surface area contributed by atoms with Crippen LogP contribution in [0.25, 0.3) is 10.2 Å². The third kappa shape index (κ3) is 5.64. The molecule has 0 aliphatic heterocycles. The number of thiophene rings is 1. The van der Waals surface area contributed by atoms with E-state index in [-0.39, 0.29) is 24.8 Å². The molecule has 27 heavy (non-hydrogen) atoms. The van der Waals surface area contributed by atoms with Gasteiger partial charge in [-0.25, -0.2) is 19.9 Å². The third-order valence-corrected chi connectivity index (χ3v) is 5.65. The summed E-state index contributed by atoms with van der Waals surface area (Å²) in [7, 11) is 0. The molecule has 0 spiro atoms. The van der Waals surface area contributed by atoms with E-state index in [1.54, 1.807) is 30.1 Å². The van der Waals surface area contributed by atoms with Gasteiger partial charge in [-0.1, -0.05) is 25.7 Å². The zero-order chi connectivity index (χ0) is 16.9. The molecule has 3 aromatic heterocycles. The quantitative estimate of drug-likeness (QED) is 0.554. The molecule has 3 aromatic rings. The fraction of sp³-hybridized carbons (Fsp3) is 0.444. The monoisotopic (exact) mass is 426 g/mol. The van der Waals surface area contributed by atoms with Crippen LogP contribution in [0.4, 0.5) is 11.5 Å². The van der Waals surface area contributed by atoms with Gasteiger partial charge >= 0.3 is 0 Å². The SMILES string of the molecule is Cl.Cl.c1ncc(NCc2cc3c(NC4CCCCCC4)ncnc3s2)cn1. The van der Waals surface area contributed by atoms with Crippen molar-refractivity contribution in [3.05, 3.63) is 36.0 Å². The summed E-state index contributed by atoms with van der Waals surface area (Å²) in [4.78, 5) is 19.3. The van der Waals surface area contributed by atoms with Crippen molar-refractivity contribution in [2.24, 2.45) is 0 Å². The van der Waals surface area contributed by atoms with Crippen molar-refractivity contribution in [2.45, 2.75) is 51.1 Å². The average molecular weight is 427 g/mol. The van der Waals surface area contributed by atoms with Gasteiger partial charge in [0.05, 0.1) is 23.5 Å². The van der Waals surface area contributed by atoms with E-state index in [1.807, 2.05) is 0 Å². The Morgan fingerprint density at radius 2 is 1.70 bits per heavy atom. The molecule has 0 aromatic carbocycles. The number of aromatic nitrogens is 4. The van der Waals surface area contributed by atoms with Gasteiger partial charge in [-0.2, -0.15) is 0 Å². The number of rotatable bonds is 5. The lowest BCUT2D eigenvalue weighted by atomic mass is 10.1. The first-order valence-electron chi connectivity index (χ1n) is 8.87. The molecule has 3 heterocycles. The summed E-state index contributed by atoms with van der Waals surface area (Å²) in [6, 6.07) is 2.72. The Kier molecular flexibility index (Phi) is 8.47. The lowest BCUT2D eigenvalue weighted by molar-refractivity contribution is 0.618. The van der Waals surface area contributed by atoms with Crippen molar-refractivity contribution in [3.8, 4) is 0 Å². The highest BCUT2D eigenvalue weighted by Crippen LogP contribution is 2.30. The zero-order valence-corrected chi connectivity index (χ0v) is 17.4. The molecule has 1 fully saturated rings. The van der Waals surface area contributed by atoms with E-state index < -0.39 is 0 Å². The van der Waals surface area contributed by atoms with Crippen molar-refractivity contribution in [1.82, 2.24) is 19.9 Å². The van der Waals surface area contributed by atoms with Gasteiger partial charge in [-0.05, 0) is 18.9 Å². The Morgan fingerprint density at radius 1 is 0.963 bits per heavy atom. The normalized spacial score (nSPS) is 14.7. The van der Waals surface area contributed by atoms with Crippen LogP contribution in [-0.4, -0.2) is 26.0 Å². The maximum atomic E-state index is 4.51. The number of anilines is 2. The van der Waals surface area contributed by atoms with Gasteiger partial charge < -0.3 is 10.6 Å². The van der Waals surface area contributed by atoms with Crippen LogP contribution in [0.5, 0.6) is 0 Å². The Balaban J connectivity index is 0.00000131. The van der Waals surface area contributed by atoms with Crippen LogP contribution < -0.4 is 10.6 Å². The summed E-state index contributed by atoms with van der Waals surface area (Å²) in [5.41, 5.74) is 0.919. The Labute approximate surface area is 175 Å². The fourth-order valence-corrected chi connectivity index (χ4v) is 4.24. The third-order valence-electron chi connectivity index (χ3n) is 4.60. The summed E-state index contributed by atoms with van der Waals surface area (Å²) < 4.78 is 0. The van der Waals surface area contributed by atoms with Crippen molar-refractivity contribution in [3.63, 3.8) is 0 Å². The van der Waals surface area contributed by atoms with Crippen LogP contribution in [0, 0.1) is 0 Å². The maximum absolute atomic E-state index is 4.51. The largest absolute Gasteiger partial charge is 0.378 e. The predicted molar refractivity (Wildman–Crippen MR) is 116 cm³/mol. The van der Waals surface area contributed by atoms with Crippen LogP contribution in [0.3, 0.4) is 0 Å². The van der Waals surface area contributed by atoms with Gasteiger partial charge in [0.25, 0.3) is 0 Å². The van der Waals surface area contributed by atoms with Gasteiger partial charge in [-0.3, -0.25) is 0 Å². The molecular formula is C18H24Cl2N6S. The minimum atomic E-state index is 0. The van der Waals surface area contributed by atoms with Gasteiger partial charge in [0.15, 0.2) is 0 Å². The summed E-state index contributed by atoms with van der Waals surface area (Å²) >= 11 is 1.70. The molecule has 2 N–H and O–H groups in total. The topological polar surface area (TPSA) is 75.6 Å². The molecule has 0 amide bonds. The fourth-order valence-electron chi connectivity index (χ4n) is 3.30. The van der Waals surface area contributed by atoms with Crippen molar-refractivity contribution >= 4 is 57.9 Å². The summed E-state index contributed by atoms with van der Waals surface area (Å²) in [5.74, 6) is 0.974. The second-order valence-corrected chi connectivity index (χ2v) is 7.58. The highest BCUT2D eigenvalue weighted by Gasteiger charge is 2.15. The van der Waals surface area contributed by atoms with E-state index in [1.165, 1.54) is 49.7 Å². The maximum Gasteiger partial charge on any atom is 0.138 e. The minimum Gasteiger partial charge on any atom is -0.378 e. The Bertz CT molecular complexity index is 821. The first kappa shape index (κ1) is 21.6. The smallest absolute Gasteiger partial charge is 0.138 e. The lowest BCUT2D eigenvalue weighted by Crippen LogP contribution is -2.19. The van der Waals surface area contributed by atoms with Crippen LogP contribution in [-0.2, 0) is 6.54 Å². The molecule has 0 atom stereocenters. The van der Waals surface area contributed by atoms with Gasteiger partial charge in [-0.15, -0.1) is 36.2 Å². The lowest BCUT2D eigenvalue weighted by Gasteiger charge is -2.17. The molecular weight excluding hydrogens is 403 g/mol. The first-order valence-corrected chi connectivity index (χ1v) is 9.69. The number of hydrogen-bond acceptors (Lipinski definition) is 7. The Morgan fingerprint density at radius 3 is 2.44 bits per heavy atom. The van der Waals surface area contributed by atoms with E-state index in [9.17, 15) is 0 Å². The highest BCUT2D eigenvalue weighted by molar-refractivity contribution is 7.18. The molecule has 0 saturated heterocycles. The standard InChI is InChI=1S/C18H22N6S.2ClH/c1-2-4-6-13(5-3-1)24-17-16-7-15(25-18(16)23-12-22-17)10-21-14-8-19-11-20-9-14;;/h7-9,11-13,21H,1-6,10H2,(H,22,23,24);2*1H. The van der Waals surface area contributed by atoms with Crippen LogP contribution in [0.2, 0.25) is 0 Å². The molecule has 6 nitrogen and oxygen atoms in total. The van der Waals surface area contributed by atoms with E-state index >= 15 is 0 Å². The highest BCUT2D eigenvalue weighted by atomic mass is 35.5. The van der Waals surface area contributed by atoms with Crippen LogP contribution >= 0.6 is 36.2 Å². The second kappa shape index (κ2) is 10.6. The average Bonchev–Trinajstić information content (AvgIpc) is 2.90. The molecule has 9 heteroatoms. The zero-order valence-electron chi connectivity index (χ0n) is 14.9. The van der Waals surface area contributed by atoms with E-state index in [4.69, 9.17) is 0 Å². The molecule has 0 radical (unpaired) electrons. The van der Waals surface area contributed by atoms with Gasteiger partial charge in [0.2, 0.25) is 0 Å². The van der Waals surface area contributed by atoms with Crippen molar-refractivity contribution < 1.29 is 0 Å². The number of nitrogens with zero attached hydrogens (tertiary/aromatic N) is 4. The number of nitrogens with one attached hydrogen (secondary N) is 2. The summed E-state index contributed by atoms with van der Waals surface area (Å²) in [5, 5.41) is 8.14. The molecule has 1 aliphatic rings. The molecule has 0 bridgehead atoms. The van der Waals surface area contributed by atoms with E-state index in [2.05, 4.69) is 36.6 Å². The summed E-state index contributed by atoms with van der Waals surface area (Å²) in [6.45, 7) is 0.733. The molecule has 0 unspecified atom stereocenters. The minimum absolute atomic E-state index is 0. The number of fused-ring (bicyclic) bond motifs is 1. The molecule has 1 saturated carbocycles. The van der Waals surface area contributed by atoms with Crippen molar-refractivity contribution in [2.75, 3.05) is 10.6 Å². The molecule has 4 rings (SSSR count). The summed E-state index contributed by atoms with van der Waals surface area (Å²) in [6.07, 6.45) is 14.6. The number of hydrogen-bond donors (Lipinski definition) is 2. The Hall–Kier alpha value is -1.70. The molecule has 146 valence electrons. The van der Waals surface area contributed by atoms with Crippen LogP contribution in [0.15, 0.2) is 31.1 Å².